The van der Waals surface area contributed by atoms with E-state index in [1.165, 1.54) is 19.3 Å². The lowest BCUT2D eigenvalue weighted by Gasteiger charge is -2.37. The third-order valence-corrected chi connectivity index (χ3v) is 6.94. The summed E-state index contributed by atoms with van der Waals surface area (Å²) in [5.74, 6) is 1.16. The normalized spacial score (nSPS) is 32.7. The maximum Gasteiger partial charge on any atom is 0.338 e. The number of fused-ring (bicyclic) bond motifs is 5. The maximum atomic E-state index is 12.7. The molecule has 3 aliphatic rings. The van der Waals surface area contributed by atoms with Crippen molar-refractivity contribution < 1.29 is 19.1 Å². The van der Waals surface area contributed by atoms with Crippen LogP contribution in [0.15, 0.2) is 60.7 Å². The zero-order valence-electron chi connectivity index (χ0n) is 15.7. The summed E-state index contributed by atoms with van der Waals surface area (Å²) < 4.78 is 11.9. The lowest BCUT2D eigenvalue weighted by atomic mass is 9.78. The van der Waals surface area contributed by atoms with Crippen molar-refractivity contribution in [3.8, 4) is 0 Å². The summed E-state index contributed by atoms with van der Waals surface area (Å²) in [7, 11) is 0. The van der Waals surface area contributed by atoms with Crippen molar-refractivity contribution in [1.29, 1.82) is 0 Å². The summed E-state index contributed by atoms with van der Waals surface area (Å²) in [6.45, 7) is 0. The number of ether oxygens (including phenoxy) is 2. The van der Waals surface area contributed by atoms with Gasteiger partial charge in [-0.1, -0.05) is 42.8 Å². The van der Waals surface area contributed by atoms with Gasteiger partial charge in [0.05, 0.1) is 11.1 Å². The minimum Gasteiger partial charge on any atom is -0.455 e. The first-order chi connectivity index (χ1) is 13.7. The first-order valence-corrected chi connectivity index (χ1v) is 10.2. The molecule has 0 heterocycles. The second-order valence-corrected chi connectivity index (χ2v) is 8.29. The fraction of sp³-hybridized carbons (Fsp3) is 0.417. The predicted octanol–water partition coefficient (Wildman–Crippen LogP) is 4.50. The Kier molecular flexibility index (Phi) is 4.42. The zero-order chi connectivity index (χ0) is 19.1. The van der Waals surface area contributed by atoms with Crippen LogP contribution in [0.4, 0.5) is 0 Å². The summed E-state index contributed by atoms with van der Waals surface area (Å²) in [4.78, 5) is 25.4. The van der Waals surface area contributed by atoms with E-state index in [1.54, 1.807) is 24.3 Å². The Labute approximate surface area is 164 Å². The SMILES string of the molecule is O=C(OC1C2CC(C3CCCC32)C1OC(=O)c1ccccc1)c1ccccc1. The first-order valence-electron chi connectivity index (χ1n) is 10.2. The fourth-order valence-corrected chi connectivity index (χ4v) is 5.83. The van der Waals surface area contributed by atoms with E-state index in [4.69, 9.17) is 9.47 Å². The number of carbonyl (C=O) groups excluding carboxylic acids is 2. The maximum absolute atomic E-state index is 12.7. The van der Waals surface area contributed by atoms with Gasteiger partial charge in [-0.3, -0.25) is 0 Å². The van der Waals surface area contributed by atoms with E-state index in [-0.39, 0.29) is 24.1 Å². The van der Waals surface area contributed by atoms with Gasteiger partial charge >= 0.3 is 11.9 Å². The molecule has 28 heavy (non-hydrogen) atoms. The minimum atomic E-state index is -0.343. The van der Waals surface area contributed by atoms with Crippen LogP contribution in [0.25, 0.3) is 0 Å². The third kappa shape index (κ3) is 2.92. The molecule has 2 bridgehead atoms. The number of rotatable bonds is 4. The molecule has 3 fully saturated rings. The number of benzene rings is 2. The van der Waals surface area contributed by atoms with Crippen LogP contribution in [0, 0.1) is 23.7 Å². The lowest BCUT2D eigenvalue weighted by Crippen LogP contribution is -2.45. The summed E-state index contributed by atoms with van der Waals surface area (Å²) in [5.41, 5.74) is 1.09. The quantitative estimate of drug-likeness (QED) is 0.737. The van der Waals surface area contributed by atoms with Crippen molar-refractivity contribution in [1.82, 2.24) is 0 Å². The Bertz CT molecular complexity index is 791. The van der Waals surface area contributed by atoms with Crippen LogP contribution in [-0.4, -0.2) is 24.1 Å². The Morgan fingerprint density at radius 3 is 1.50 bits per heavy atom. The molecule has 0 saturated heterocycles. The second-order valence-electron chi connectivity index (χ2n) is 8.29. The highest BCUT2D eigenvalue weighted by atomic mass is 16.6. The molecule has 4 nitrogen and oxygen atoms in total. The van der Waals surface area contributed by atoms with Crippen LogP contribution in [0.2, 0.25) is 0 Å². The third-order valence-electron chi connectivity index (χ3n) is 6.94. The molecule has 3 aliphatic carbocycles. The Hall–Kier alpha value is -2.62. The standard InChI is InChI=1S/C24H24O4/c25-23(15-8-3-1-4-9-15)27-21-19-14-20(18-13-7-12-17(18)19)22(21)28-24(26)16-10-5-2-6-11-16/h1-6,8-11,17-22H,7,12-14H2. The van der Waals surface area contributed by atoms with Crippen molar-refractivity contribution in [2.45, 2.75) is 37.9 Å². The fourth-order valence-electron chi connectivity index (χ4n) is 5.83. The number of hydrogen-bond donors (Lipinski definition) is 0. The van der Waals surface area contributed by atoms with Crippen molar-refractivity contribution in [2.24, 2.45) is 23.7 Å². The molecule has 2 aromatic carbocycles. The summed E-state index contributed by atoms with van der Waals surface area (Å²) in [6.07, 6.45) is 3.93. The van der Waals surface area contributed by atoms with Crippen molar-refractivity contribution in [3.63, 3.8) is 0 Å². The van der Waals surface area contributed by atoms with Crippen LogP contribution in [0.1, 0.15) is 46.4 Å². The molecule has 0 amide bonds. The molecular formula is C24H24O4. The summed E-state index contributed by atoms with van der Waals surface area (Å²) in [6, 6.07) is 18.1. The van der Waals surface area contributed by atoms with Gasteiger partial charge in [-0.2, -0.15) is 0 Å². The molecule has 0 aliphatic heterocycles. The highest BCUT2D eigenvalue weighted by Crippen LogP contribution is 2.60. The molecule has 3 saturated carbocycles. The van der Waals surface area contributed by atoms with Crippen LogP contribution >= 0.6 is 0 Å². The van der Waals surface area contributed by atoms with E-state index in [9.17, 15) is 9.59 Å². The molecule has 0 aromatic heterocycles. The van der Waals surface area contributed by atoms with Gasteiger partial charge in [-0.05, 0) is 55.4 Å². The molecule has 6 atom stereocenters. The van der Waals surface area contributed by atoms with Gasteiger partial charge in [-0.25, -0.2) is 9.59 Å². The molecule has 0 spiro atoms. The molecule has 6 unspecified atom stereocenters. The number of carbonyl (C=O) groups is 2. The van der Waals surface area contributed by atoms with Gasteiger partial charge in [0, 0.05) is 11.8 Å². The topological polar surface area (TPSA) is 52.6 Å². The molecule has 5 rings (SSSR count). The van der Waals surface area contributed by atoms with E-state index in [0.717, 1.165) is 6.42 Å². The first kappa shape index (κ1) is 17.5. The summed E-state index contributed by atoms with van der Waals surface area (Å²) >= 11 is 0. The van der Waals surface area contributed by atoms with Gasteiger partial charge in [0.25, 0.3) is 0 Å². The van der Waals surface area contributed by atoms with Crippen molar-refractivity contribution >= 4 is 11.9 Å². The zero-order valence-corrected chi connectivity index (χ0v) is 15.7. The van der Waals surface area contributed by atoms with Crippen LogP contribution in [0.5, 0.6) is 0 Å². The van der Waals surface area contributed by atoms with E-state index in [1.807, 2.05) is 36.4 Å². The van der Waals surface area contributed by atoms with Gasteiger partial charge < -0.3 is 9.47 Å². The summed E-state index contributed by atoms with van der Waals surface area (Å²) in [5, 5.41) is 0. The van der Waals surface area contributed by atoms with Crippen LogP contribution in [-0.2, 0) is 9.47 Å². The van der Waals surface area contributed by atoms with E-state index in [2.05, 4.69) is 0 Å². The molecule has 4 heteroatoms. The molecule has 144 valence electrons. The van der Waals surface area contributed by atoms with Crippen LogP contribution in [0.3, 0.4) is 0 Å². The molecule has 0 N–H and O–H groups in total. The van der Waals surface area contributed by atoms with Crippen LogP contribution < -0.4 is 0 Å². The Morgan fingerprint density at radius 1 is 0.643 bits per heavy atom. The van der Waals surface area contributed by atoms with Gasteiger partial charge in [-0.15, -0.1) is 0 Å². The minimum absolute atomic E-state index is 0.304. The van der Waals surface area contributed by atoms with E-state index < -0.39 is 0 Å². The van der Waals surface area contributed by atoms with Crippen molar-refractivity contribution in [3.05, 3.63) is 71.8 Å². The average Bonchev–Trinajstić information content (AvgIpc) is 3.43. The lowest BCUT2D eigenvalue weighted by molar-refractivity contribution is -0.0766. The monoisotopic (exact) mass is 376 g/mol. The van der Waals surface area contributed by atoms with Gasteiger partial charge in [0.1, 0.15) is 12.2 Å². The Morgan fingerprint density at radius 2 is 1.07 bits per heavy atom. The number of esters is 2. The van der Waals surface area contributed by atoms with Gasteiger partial charge in [0.15, 0.2) is 0 Å². The average molecular weight is 376 g/mol. The highest BCUT2D eigenvalue weighted by molar-refractivity contribution is 5.90. The van der Waals surface area contributed by atoms with E-state index in [0.29, 0.717) is 34.8 Å². The Balaban J connectivity index is 1.38. The molecular weight excluding hydrogens is 352 g/mol. The largest absolute Gasteiger partial charge is 0.455 e. The van der Waals surface area contributed by atoms with Gasteiger partial charge in [0.2, 0.25) is 0 Å². The van der Waals surface area contributed by atoms with Crippen molar-refractivity contribution in [2.75, 3.05) is 0 Å². The number of hydrogen-bond acceptors (Lipinski definition) is 4. The second kappa shape index (κ2) is 7.08. The molecule has 0 radical (unpaired) electrons. The smallest absolute Gasteiger partial charge is 0.338 e. The highest BCUT2D eigenvalue weighted by Gasteiger charge is 2.62. The molecule has 2 aromatic rings. The van der Waals surface area contributed by atoms with E-state index >= 15 is 0 Å². The predicted molar refractivity (Wildman–Crippen MR) is 104 cm³/mol.